The molecule has 0 saturated carbocycles. The molecule has 0 unspecified atom stereocenters. The summed E-state index contributed by atoms with van der Waals surface area (Å²) in [5.74, 6) is 0. The highest BCUT2D eigenvalue weighted by Crippen LogP contribution is 2.43. The van der Waals surface area contributed by atoms with Crippen LogP contribution >= 0.6 is 0 Å². The number of benzene rings is 6. The maximum atomic E-state index is 10.4. The van der Waals surface area contributed by atoms with Gasteiger partial charge in [-0.1, -0.05) is 54.6 Å². The molecule has 0 amide bonds. The van der Waals surface area contributed by atoms with Crippen molar-refractivity contribution in [2.75, 3.05) is 0 Å². The molecule has 0 atom stereocenters. The SMILES string of the molecule is N#Cc1ccc2oc3ccc(-c4cccc(C#N)c4-n4c5ccccc5c5c6oc7ccccc7c6ccc54)cc3c2c1. The number of fused-ring (bicyclic) bond motifs is 10. The van der Waals surface area contributed by atoms with Crippen LogP contribution in [-0.4, -0.2) is 4.57 Å². The fourth-order valence-electron chi connectivity index (χ4n) is 6.60. The summed E-state index contributed by atoms with van der Waals surface area (Å²) in [6.45, 7) is 0. The number of rotatable bonds is 2. The molecule has 0 saturated heterocycles. The monoisotopic (exact) mass is 549 g/mol. The first-order chi connectivity index (χ1) is 21.2. The van der Waals surface area contributed by atoms with Gasteiger partial charge in [0.25, 0.3) is 0 Å². The minimum Gasteiger partial charge on any atom is -0.456 e. The van der Waals surface area contributed by atoms with Crippen LogP contribution in [-0.2, 0) is 0 Å². The first kappa shape index (κ1) is 23.4. The highest BCUT2D eigenvalue weighted by molar-refractivity contribution is 6.24. The minimum atomic E-state index is 0.564. The second-order valence-corrected chi connectivity index (χ2v) is 10.7. The van der Waals surface area contributed by atoms with Crippen molar-refractivity contribution in [1.82, 2.24) is 4.57 Å². The van der Waals surface area contributed by atoms with Gasteiger partial charge in [-0.05, 0) is 66.2 Å². The average Bonchev–Trinajstić information content (AvgIpc) is 3.73. The summed E-state index contributed by atoms with van der Waals surface area (Å²) in [4.78, 5) is 0. The van der Waals surface area contributed by atoms with Crippen LogP contribution in [0.4, 0.5) is 0 Å². The van der Waals surface area contributed by atoms with E-state index in [9.17, 15) is 10.5 Å². The molecule has 3 aromatic heterocycles. The summed E-state index contributed by atoms with van der Waals surface area (Å²) < 4.78 is 14.8. The lowest BCUT2D eigenvalue weighted by Gasteiger charge is -2.16. The van der Waals surface area contributed by atoms with Gasteiger partial charge in [0.05, 0.1) is 39.3 Å². The lowest BCUT2D eigenvalue weighted by Crippen LogP contribution is -2.00. The van der Waals surface area contributed by atoms with Crippen molar-refractivity contribution in [1.29, 1.82) is 10.5 Å². The van der Waals surface area contributed by atoms with Crippen molar-refractivity contribution in [3.05, 3.63) is 126 Å². The van der Waals surface area contributed by atoms with Crippen LogP contribution in [0, 0.1) is 22.7 Å². The molecule has 0 aliphatic rings. The summed E-state index contributed by atoms with van der Waals surface area (Å²) in [6.07, 6.45) is 0. The van der Waals surface area contributed by atoms with Crippen LogP contribution < -0.4 is 0 Å². The molecule has 5 nitrogen and oxygen atoms in total. The van der Waals surface area contributed by atoms with Crippen molar-refractivity contribution < 1.29 is 8.83 Å². The zero-order valence-corrected chi connectivity index (χ0v) is 22.6. The van der Waals surface area contributed by atoms with E-state index in [0.29, 0.717) is 11.1 Å². The van der Waals surface area contributed by atoms with Gasteiger partial charge in [-0.15, -0.1) is 0 Å². The predicted octanol–water partition coefficient (Wildman–Crippen LogP) is 9.99. The Morgan fingerprint density at radius 3 is 2.16 bits per heavy atom. The maximum absolute atomic E-state index is 10.4. The molecule has 9 aromatic rings. The second-order valence-electron chi connectivity index (χ2n) is 10.7. The summed E-state index contributed by atoms with van der Waals surface area (Å²) in [5.41, 5.74) is 8.92. The molecular formula is C38H19N3O2. The van der Waals surface area contributed by atoms with E-state index in [4.69, 9.17) is 8.83 Å². The summed E-state index contributed by atoms with van der Waals surface area (Å²) in [7, 11) is 0. The van der Waals surface area contributed by atoms with Gasteiger partial charge in [0.2, 0.25) is 0 Å². The van der Waals surface area contributed by atoms with Gasteiger partial charge in [-0.3, -0.25) is 0 Å². The third-order valence-electron chi connectivity index (χ3n) is 8.47. The van der Waals surface area contributed by atoms with E-state index in [0.717, 1.165) is 82.5 Å². The molecule has 0 N–H and O–H groups in total. The number of nitriles is 2. The topological polar surface area (TPSA) is 78.8 Å². The van der Waals surface area contributed by atoms with Crippen LogP contribution in [0.3, 0.4) is 0 Å². The summed E-state index contributed by atoms with van der Waals surface area (Å²) in [6, 6.07) is 42.7. The first-order valence-corrected chi connectivity index (χ1v) is 14.0. The van der Waals surface area contributed by atoms with Crippen LogP contribution in [0.25, 0.3) is 82.5 Å². The Morgan fingerprint density at radius 2 is 1.30 bits per heavy atom. The third kappa shape index (κ3) is 3.19. The molecule has 0 spiro atoms. The number of hydrogen-bond acceptors (Lipinski definition) is 4. The van der Waals surface area contributed by atoms with Crippen molar-refractivity contribution >= 4 is 65.7 Å². The molecule has 0 aliphatic heterocycles. The molecule has 43 heavy (non-hydrogen) atoms. The summed E-state index contributed by atoms with van der Waals surface area (Å²) in [5, 5.41) is 25.9. The predicted molar refractivity (Wildman–Crippen MR) is 170 cm³/mol. The Morgan fingerprint density at radius 1 is 0.535 bits per heavy atom. The number of nitrogens with zero attached hydrogens (tertiary/aromatic N) is 3. The molecule has 0 radical (unpaired) electrons. The lowest BCUT2D eigenvalue weighted by atomic mass is 9.98. The highest BCUT2D eigenvalue weighted by atomic mass is 16.3. The molecular weight excluding hydrogens is 530 g/mol. The van der Waals surface area contributed by atoms with Gasteiger partial charge in [0.1, 0.15) is 28.4 Å². The van der Waals surface area contributed by atoms with E-state index >= 15 is 0 Å². The Labute approximate surface area is 244 Å². The van der Waals surface area contributed by atoms with E-state index < -0.39 is 0 Å². The Bertz CT molecular complexity index is 2710. The second kappa shape index (κ2) is 8.60. The van der Waals surface area contributed by atoms with Crippen LogP contribution in [0.15, 0.2) is 124 Å². The van der Waals surface area contributed by atoms with E-state index in [2.05, 4.69) is 59.2 Å². The highest BCUT2D eigenvalue weighted by Gasteiger charge is 2.22. The van der Waals surface area contributed by atoms with E-state index in [1.165, 1.54) is 0 Å². The fourth-order valence-corrected chi connectivity index (χ4v) is 6.60. The number of para-hydroxylation sites is 3. The molecule has 0 fully saturated rings. The van der Waals surface area contributed by atoms with Gasteiger partial charge in [0, 0.05) is 32.5 Å². The molecule has 3 heterocycles. The molecule has 198 valence electrons. The van der Waals surface area contributed by atoms with Crippen LogP contribution in [0.5, 0.6) is 0 Å². The zero-order valence-electron chi connectivity index (χ0n) is 22.6. The van der Waals surface area contributed by atoms with Crippen molar-refractivity contribution in [3.8, 4) is 29.0 Å². The number of hydrogen-bond donors (Lipinski definition) is 0. The minimum absolute atomic E-state index is 0.564. The standard InChI is InChI=1S/C38H19N3O2/c39-20-22-12-16-34-29(18-22)30-19-23(13-17-35(30)42-34)25-9-5-6-24(21-40)37(25)41-31-10-3-1-8-28(31)36-32(41)15-14-27-26-7-2-4-11-33(26)43-38(27)36/h1-19H. The quantitative estimate of drug-likeness (QED) is 0.215. The van der Waals surface area contributed by atoms with E-state index in [1.54, 1.807) is 6.07 Å². The van der Waals surface area contributed by atoms with Crippen LogP contribution in [0.1, 0.15) is 11.1 Å². The number of aromatic nitrogens is 1. The van der Waals surface area contributed by atoms with E-state index in [1.807, 2.05) is 66.7 Å². The fraction of sp³-hybridized carbons (Fsp3) is 0. The van der Waals surface area contributed by atoms with Gasteiger partial charge >= 0.3 is 0 Å². The molecule has 0 aliphatic carbocycles. The average molecular weight is 550 g/mol. The van der Waals surface area contributed by atoms with Crippen LogP contribution in [0.2, 0.25) is 0 Å². The lowest BCUT2D eigenvalue weighted by molar-refractivity contribution is 0.669. The number of furan rings is 2. The zero-order chi connectivity index (χ0) is 28.7. The van der Waals surface area contributed by atoms with Gasteiger partial charge in [0.15, 0.2) is 0 Å². The first-order valence-electron chi connectivity index (χ1n) is 14.0. The molecule has 5 heteroatoms. The van der Waals surface area contributed by atoms with Crippen molar-refractivity contribution in [2.24, 2.45) is 0 Å². The van der Waals surface area contributed by atoms with Gasteiger partial charge in [-0.25, -0.2) is 0 Å². The normalized spacial score (nSPS) is 11.7. The summed E-state index contributed by atoms with van der Waals surface area (Å²) >= 11 is 0. The molecule has 6 aromatic carbocycles. The Kier molecular flexibility index (Phi) is 4.68. The van der Waals surface area contributed by atoms with Gasteiger partial charge < -0.3 is 13.4 Å². The van der Waals surface area contributed by atoms with Crippen molar-refractivity contribution in [3.63, 3.8) is 0 Å². The Hall–Kier alpha value is -6.30. The molecule has 9 rings (SSSR count). The van der Waals surface area contributed by atoms with Gasteiger partial charge in [-0.2, -0.15) is 10.5 Å². The van der Waals surface area contributed by atoms with Crippen molar-refractivity contribution in [2.45, 2.75) is 0 Å². The largest absolute Gasteiger partial charge is 0.456 e. The maximum Gasteiger partial charge on any atom is 0.145 e. The Balaban J connectivity index is 1.39. The smallest absolute Gasteiger partial charge is 0.145 e. The van der Waals surface area contributed by atoms with E-state index in [-0.39, 0.29) is 0 Å². The third-order valence-corrected chi connectivity index (χ3v) is 8.47. The molecule has 0 bridgehead atoms.